The molecule has 0 spiro atoms. The van der Waals surface area contributed by atoms with Crippen molar-refractivity contribution in [1.29, 1.82) is 0 Å². The van der Waals surface area contributed by atoms with Crippen molar-refractivity contribution in [2.24, 2.45) is 5.73 Å². The van der Waals surface area contributed by atoms with Crippen molar-refractivity contribution in [1.82, 2.24) is 0 Å². The van der Waals surface area contributed by atoms with E-state index in [1.165, 1.54) is 7.05 Å². The number of nitrogens with two attached hydrogens (primary N) is 1. The van der Waals surface area contributed by atoms with E-state index in [0.29, 0.717) is 0 Å². The first-order valence-corrected chi connectivity index (χ1v) is 0.577. The summed E-state index contributed by atoms with van der Waals surface area (Å²) in [4.78, 5) is 0. The maximum Gasteiger partial charge on any atom is 0 e. The van der Waals surface area contributed by atoms with Gasteiger partial charge in [-0.3, -0.25) is 0 Å². The van der Waals surface area contributed by atoms with E-state index < -0.39 is 0 Å². The Morgan fingerprint density at radius 1 is 1.20 bits per heavy atom. The quantitative estimate of drug-likeness (QED) is 0.507. The molecule has 0 fully saturated rings. The van der Waals surface area contributed by atoms with Gasteiger partial charge in [0.15, 0.2) is 0 Å². The van der Waals surface area contributed by atoms with Crippen LogP contribution in [-0.4, -0.2) is 31.0 Å². The monoisotopic (exact) mass is 357 g/mol. The Morgan fingerprint density at radius 3 is 1.20 bits per heavy atom. The van der Waals surface area contributed by atoms with Crippen LogP contribution in [0.2, 0.25) is 0 Å². The summed E-state index contributed by atoms with van der Waals surface area (Å²) < 4.78 is 0. The van der Waals surface area contributed by atoms with Gasteiger partial charge in [0.2, 0.25) is 0 Å². The van der Waals surface area contributed by atoms with Crippen molar-refractivity contribution in [3.8, 4) is 0 Å². The Kier molecular flexibility index (Phi) is 214. The zero-order valence-corrected chi connectivity index (χ0v) is 9.43. The molecule has 0 atom stereocenters. The molecule has 4 heteroatoms. The van der Waals surface area contributed by atoms with Crippen LogP contribution in [0.25, 0.3) is 0 Å². The normalized spacial score (nSPS) is 1.20. The van der Waals surface area contributed by atoms with Gasteiger partial charge in [0, 0.05) is 64.9 Å². The van der Waals surface area contributed by atoms with E-state index in [4.69, 9.17) is 0 Å². The SMILES string of the molecule is CN.[Br].[I].[Sn]. The molecule has 1 nitrogen and oxygen atoms in total. The first kappa shape index (κ1) is 28.2. The van der Waals surface area contributed by atoms with Crippen molar-refractivity contribution in [2.75, 3.05) is 7.05 Å². The molecule has 0 aromatic heterocycles. The third-order valence-corrected chi connectivity index (χ3v) is 0. The average molecular weight is 357 g/mol. The molecule has 32 valence electrons. The van der Waals surface area contributed by atoms with Crippen LogP contribution in [0.15, 0.2) is 0 Å². The third kappa shape index (κ3) is 24.3. The van der Waals surface area contributed by atoms with E-state index in [1.807, 2.05) is 0 Å². The smallest absolute Gasteiger partial charge is 0 e. The standard InChI is InChI=1S/CH5N.Br.I.Sn/c1-2;;;/h2H2,1H3;;;. The first-order chi connectivity index (χ1) is 1.00. The van der Waals surface area contributed by atoms with Crippen molar-refractivity contribution in [3.05, 3.63) is 0 Å². The minimum absolute atomic E-state index is 0. The molecule has 2 N–H and O–H groups in total. The van der Waals surface area contributed by atoms with Crippen LogP contribution in [-0.2, 0) is 0 Å². The number of hydrogen-bond donors (Lipinski definition) is 1. The predicted molar refractivity (Wildman–Crippen MR) is 38.8 cm³/mol. The molecule has 0 aliphatic heterocycles. The second-order valence-electron chi connectivity index (χ2n) is 0. The molecular formula is CH5BrINSn. The van der Waals surface area contributed by atoms with Crippen LogP contribution < -0.4 is 5.73 Å². The number of rotatable bonds is 0. The molecule has 0 aliphatic carbocycles. The van der Waals surface area contributed by atoms with E-state index >= 15 is 0 Å². The van der Waals surface area contributed by atoms with E-state index in [-0.39, 0.29) is 64.9 Å². The summed E-state index contributed by atoms with van der Waals surface area (Å²) in [6, 6.07) is 0. The second-order valence-corrected chi connectivity index (χ2v) is 0. The minimum atomic E-state index is 0. The van der Waals surface area contributed by atoms with Gasteiger partial charge in [-0.25, -0.2) is 0 Å². The maximum atomic E-state index is 4.50. The zero-order chi connectivity index (χ0) is 2.00. The van der Waals surface area contributed by atoms with Gasteiger partial charge in [-0.15, -0.1) is 0 Å². The molecule has 5 heavy (non-hydrogen) atoms. The summed E-state index contributed by atoms with van der Waals surface area (Å²) in [7, 11) is 1.50. The molecule has 0 amide bonds. The molecule has 0 aromatic rings. The average Bonchev–Trinajstić information content (AvgIpc) is 1.00. The molecule has 0 rings (SSSR count). The maximum absolute atomic E-state index is 4.50. The topological polar surface area (TPSA) is 26.0 Å². The largest absolute Gasteiger partial charge is 0.333 e. The Balaban J connectivity index is -0.00000000167. The van der Waals surface area contributed by atoms with Crippen LogP contribution in [0.4, 0.5) is 0 Å². The van der Waals surface area contributed by atoms with Gasteiger partial charge in [0.1, 0.15) is 0 Å². The van der Waals surface area contributed by atoms with Crippen molar-refractivity contribution in [2.45, 2.75) is 0 Å². The summed E-state index contributed by atoms with van der Waals surface area (Å²) >= 11 is 0. The van der Waals surface area contributed by atoms with Crippen LogP contribution in [0.5, 0.6) is 0 Å². The van der Waals surface area contributed by atoms with E-state index in [2.05, 4.69) is 5.73 Å². The van der Waals surface area contributed by atoms with Gasteiger partial charge in [-0.05, 0) is 7.05 Å². The fourth-order valence-electron chi connectivity index (χ4n) is 0. The van der Waals surface area contributed by atoms with E-state index in [1.54, 1.807) is 0 Å². The molecule has 0 heterocycles. The fraction of sp³-hybridized carbons (Fsp3) is 1.00. The molecule has 0 unspecified atom stereocenters. The van der Waals surface area contributed by atoms with Crippen molar-refractivity contribution >= 4 is 64.9 Å². The fourth-order valence-corrected chi connectivity index (χ4v) is 0. The summed E-state index contributed by atoms with van der Waals surface area (Å²) in [6.07, 6.45) is 0. The number of halogens is 2. The summed E-state index contributed by atoms with van der Waals surface area (Å²) in [5.41, 5.74) is 4.50. The molecule has 0 aromatic carbocycles. The summed E-state index contributed by atoms with van der Waals surface area (Å²) in [5, 5.41) is 0. The molecule has 0 saturated carbocycles. The van der Waals surface area contributed by atoms with Gasteiger partial charge < -0.3 is 5.73 Å². The van der Waals surface area contributed by atoms with E-state index in [9.17, 15) is 0 Å². The third-order valence-electron chi connectivity index (χ3n) is 0. The van der Waals surface area contributed by atoms with Crippen LogP contribution >= 0.6 is 41.0 Å². The second kappa shape index (κ2) is 38.0. The van der Waals surface area contributed by atoms with Gasteiger partial charge in [-0.2, -0.15) is 0 Å². The Hall–Kier alpha value is 1.97. The van der Waals surface area contributed by atoms with Crippen LogP contribution in [0.1, 0.15) is 0 Å². The molecule has 6 radical (unpaired) electrons. The Morgan fingerprint density at radius 2 is 1.20 bits per heavy atom. The number of hydrogen-bond acceptors (Lipinski definition) is 1. The van der Waals surface area contributed by atoms with Crippen LogP contribution in [0.3, 0.4) is 0 Å². The van der Waals surface area contributed by atoms with Gasteiger partial charge in [0.05, 0.1) is 0 Å². The van der Waals surface area contributed by atoms with Gasteiger partial charge in [-0.1, -0.05) is 0 Å². The minimum Gasteiger partial charge on any atom is -0.333 e. The summed E-state index contributed by atoms with van der Waals surface area (Å²) in [6.45, 7) is 0. The van der Waals surface area contributed by atoms with E-state index in [0.717, 1.165) is 0 Å². The van der Waals surface area contributed by atoms with Crippen molar-refractivity contribution < 1.29 is 0 Å². The van der Waals surface area contributed by atoms with Gasteiger partial charge in [0.25, 0.3) is 0 Å². The molecule has 0 bridgehead atoms. The Labute approximate surface area is 76.8 Å². The molecule has 0 aliphatic rings. The van der Waals surface area contributed by atoms with Gasteiger partial charge >= 0.3 is 0 Å². The summed E-state index contributed by atoms with van der Waals surface area (Å²) in [5.74, 6) is 0. The molecular weight excluding hydrogens is 352 g/mol. The Bertz CT molecular complexity index is 11.6. The first-order valence-electron chi connectivity index (χ1n) is 0.577. The molecule has 0 saturated heterocycles. The van der Waals surface area contributed by atoms with Crippen molar-refractivity contribution in [3.63, 3.8) is 0 Å². The van der Waals surface area contributed by atoms with Crippen LogP contribution in [0, 0.1) is 0 Å². The zero-order valence-electron chi connectivity index (χ0n) is 2.83. The predicted octanol–water partition coefficient (Wildman–Crippen LogP) is 0.925.